The molecular weight excluding hydrogens is 620 g/mol. The molecule has 0 unspecified atom stereocenters. The topological polar surface area (TPSA) is 137 Å². The van der Waals surface area contributed by atoms with Crippen molar-refractivity contribution in [3.63, 3.8) is 0 Å². The number of hydrogen-bond acceptors (Lipinski definition) is 7. The zero-order valence-electron chi connectivity index (χ0n) is 23.4. The van der Waals surface area contributed by atoms with E-state index in [9.17, 15) is 24.3 Å². The van der Waals surface area contributed by atoms with E-state index in [1.54, 1.807) is 54.3 Å². The number of piperazine rings is 1. The molecular formula is C27H34BrClN6O6. The SMILES string of the molecule is Cn1c(Br)cnc1C(=O)Nc1ccc(C(=O)N2CCN(C(=O)[C@@H]3CCN(C(=O)OC(C)(C)C)C[C@H]3O)CC2)c(Cl)c1. The highest BCUT2D eigenvalue weighted by Crippen LogP contribution is 2.26. The number of piperidine rings is 1. The summed E-state index contributed by atoms with van der Waals surface area (Å²) in [4.78, 5) is 60.0. The fraction of sp³-hybridized carbons (Fsp3) is 0.519. The number of imidazole rings is 1. The number of likely N-dealkylation sites (tertiary alicyclic amines) is 1. The number of carbonyl (C=O) groups excluding carboxylic acids is 4. The van der Waals surface area contributed by atoms with Crippen molar-refractivity contribution in [3.05, 3.63) is 45.4 Å². The van der Waals surface area contributed by atoms with Gasteiger partial charge >= 0.3 is 6.09 Å². The van der Waals surface area contributed by atoms with Gasteiger partial charge in [-0.3, -0.25) is 14.4 Å². The molecule has 0 aliphatic carbocycles. The van der Waals surface area contributed by atoms with Crippen molar-refractivity contribution >= 4 is 57.0 Å². The number of ether oxygens (including phenoxy) is 1. The standard InChI is InChI=1S/C27H34BrClN6O6/c1-27(2,3)41-26(40)35-8-7-18(20(36)15-35)25(39)34-11-9-33(10-12-34)24(38)17-6-5-16(13-19(17)29)31-23(37)22-30-14-21(28)32(22)4/h5-6,13-14,18,20,36H,7-12,15H2,1-4H3,(H,31,37)/t18-,20-/m1/s1. The Bertz CT molecular complexity index is 1340. The molecule has 2 aliphatic heterocycles. The van der Waals surface area contributed by atoms with E-state index in [0.29, 0.717) is 49.4 Å². The minimum Gasteiger partial charge on any atom is -0.444 e. The Morgan fingerprint density at radius 3 is 2.29 bits per heavy atom. The minimum absolute atomic E-state index is 0.0258. The molecule has 2 saturated heterocycles. The summed E-state index contributed by atoms with van der Waals surface area (Å²) >= 11 is 9.72. The van der Waals surface area contributed by atoms with Crippen LogP contribution in [0.3, 0.4) is 0 Å². The van der Waals surface area contributed by atoms with Gasteiger partial charge in [-0.05, 0) is 61.3 Å². The predicted molar refractivity (Wildman–Crippen MR) is 155 cm³/mol. The van der Waals surface area contributed by atoms with E-state index in [-0.39, 0.29) is 34.8 Å². The first-order chi connectivity index (χ1) is 19.2. The van der Waals surface area contributed by atoms with E-state index < -0.39 is 29.6 Å². The van der Waals surface area contributed by atoms with E-state index in [2.05, 4.69) is 26.2 Å². The molecule has 41 heavy (non-hydrogen) atoms. The summed E-state index contributed by atoms with van der Waals surface area (Å²) in [5.41, 5.74) is 0.0580. The Morgan fingerprint density at radius 1 is 1.07 bits per heavy atom. The van der Waals surface area contributed by atoms with Crippen molar-refractivity contribution in [2.75, 3.05) is 44.6 Å². The van der Waals surface area contributed by atoms with Crippen LogP contribution in [0.5, 0.6) is 0 Å². The predicted octanol–water partition coefficient (Wildman–Crippen LogP) is 2.99. The molecule has 0 radical (unpaired) electrons. The molecule has 0 bridgehead atoms. The van der Waals surface area contributed by atoms with Gasteiger partial charge in [0.25, 0.3) is 11.8 Å². The van der Waals surface area contributed by atoms with E-state index >= 15 is 0 Å². The van der Waals surface area contributed by atoms with Crippen molar-refractivity contribution < 1.29 is 29.0 Å². The fourth-order valence-corrected chi connectivity index (χ4v) is 5.33. The van der Waals surface area contributed by atoms with Crippen LogP contribution in [-0.4, -0.2) is 104 Å². The molecule has 1 aromatic heterocycles. The number of carbonyl (C=O) groups is 4. The van der Waals surface area contributed by atoms with Crippen LogP contribution in [0, 0.1) is 5.92 Å². The van der Waals surface area contributed by atoms with Crippen molar-refractivity contribution in [2.45, 2.75) is 38.9 Å². The molecule has 3 heterocycles. The molecule has 4 rings (SSSR count). The van der Waals surface area contributed by atoms with Crippen LogP contribution in [0.25, 0.3) is 0 Å². The van der Waals surface area contributed by atoms with Gasteiger partial charge in [0.05, 0.1) is 35.3 Å². The summed E-state index contributed by atoms with van der Waals surface area (Å²) in [5, 5.41) is 13.6. The third-order valence-electron chi connectivity index (χ3n) is 7.02. The first kappa shape index (κ1) is 30.8. The molecule has 1 aromatic carbocycles. The molecule has 2 atom stereocenters. The van der Waals surface area contributed by atoms with Crippen LogP contribution in [0.2, 0.25) is 5.02 Å². The first-order valence-corrected chi connectivity index (χ1v) is 14.4. The number of aliphatic hydroxyl groups is 1. The van der Waals surface area contributed by atoms with Gasteiger partial charge in [0.15, 0.2) is 5.82 Å². The summed E-state index contributed by atoms with van der Waals surface area (Å²) in [6, 6.07) is 4.66. The number of aromatic nitrogens is 2. The molecule has 4 amide bonds. The molecule has 222 valence electrons. The second-order valence-electron chi connectivity index (χ2n) is 11.1. The number of benzene rings is 1. The number of aliphatic hydroxyl groups excluding tert-OH is 1. The van der Waals surface area contributed by atoms with Crippen LogP contribution < -0.4 is 5.32 Å². The van der Waals surface area contributed by atoms with E-state index in [1.807, 2.05) is 0 Å². The Kier molecular flexibility index (Phi) is 9.29. The van der Waals surface area contributed by atoms with Gasteiger partial charge in [-0.25, -0.2) is 9.78 Å². The average Bonchev–Trinajstić information content (AvgIpc) is 3.25. The van der Waals surface area contributed by atoms with Crippen LogP contribution in [0.1, 0.15) is 48.2 Å². The van der Waals surface area contributed by atoms with Gasteiger partial charge < -0.3 is 34.4 Å². The van der Waals surface area contributed by atoms with Gasteiger partial charge in [0, 0.05) is 45.5 Å². The lowest BCUT2D eigenvalue weighted by atomic mass is 9.92. The maximum absolute atomic E-state index is 13.2. The number of anilines is 1. The Labute approximate surface area is 251 Å². The van der Waals surface area contributed by atoms with E-state index in [0.717, 1.165) is 0 Å². The first-order valence-electron chi connectivity index (χ1n) is 13.3. The lowest BCUT2D eigenvalue weighted by Gasteiger charge is -2.40. The lowest BCUT2D eigenvalue weighted by Crippen LogP contribution is -2.56. The second kappa shape index (κ2) is 12.4. The molecule has 0 saturated carbocycles. The fourth-order valence-electron chi connectivity index (χ4n) is 4.80. The van der Waals surface area contributed by atoms with Gasteiger partial charge in [0.2, 0.25) is 5.91 Å². The number of hydrogen-bond donors (Lipinski definition) is 2. The van der Waals surface area contributed by atoms with E-state index in [1.165, 1.54) is 17.2 Å². The quantitative estimate of drug-likeness (QED) is 0.518. The van der Waals surface area contributed by atoms with Gasteiger partial charge in [-0.2, -0.15) is 0 Å². The smallest absolute Gasteiger partial charge is 0.410 e. The Morgan fingerprint density at radius 2 is 1.73 bits per heavy atom. The van der Waals surface area contributed by atoms with Gasteiger partial charge in [0.1, 0.15) is 10.2 Å². The zero-order chi connectivity index (χ0) is 30.1. The van der Waals surface area contributed by atoms with E-state index in [4.69, 9.17) is 16.3 Å². The third-order valence-corrected chi connectivity index (χ3v) is 8.07. The monoisotopic (exact) mass is 652 g/mol. The minimum atomic E-state index is -1.000. The van der Waals surface area contributed by atoms with Crippen LogP contribution >= 0.6 is 27.5 Å². The summed E-state index contributed by atoms with van der Waals surface area (Å²) in [7, 11) is 1.70. The van der Waals surface area contributed by atoms with Crippen molar-refractivity contribution in [3.8, 4) is 0 Å². The molecule has 12 nitrogen and oxygen atoms in total. The molecule has 0 spiro atoms. The number of halogens is 2. The Hall–Kier alpha value is -3.16. The maximum atomic E-state index is 13.2. The van der Waals surface area contributed by atoms with Crippen LogP contribution in [0.4, 0.5) is 10.5 Å². The maximum Gasteiger partial charge on any atom is 0.410 e. The van der Waals surface area contributed by atoms with Crippen molar-refractivity contribution in [1.29, 1.82) is 0 Å². The molecule has 2 N–H and O–H groups in total. The summed E-state index contributed by atoms with van der Waals surface area (Å²) in [6.45, 7) is 6.90. The normalized spacial score (nSPS) is 19.6. The average molecular weight is 654 g/mol. The zero-order valence-corrected chi connectivity index (χ0v) is 25.7. The van der Waals surface area contributed by atoms with Gasteiger partial charge in [-0.15, -0.1) is 0 Å². The molecule has 2 aliphatic rings. The van der Waals surface area contributed by atoms with Crippen LogP contribution in [0.15, 0.2) is 29.0 Å². The largest absolute Gasteiger partial charge is 0.444 e. The third kappa shape index (κ3) is 7.19. The highest BCUT2D eigenvalue weighted by atomic mass is 79.9. The molecule has 14 heteroatoms. The summed E-state index contributed by atoms with van der Waals surface area (Å²) in [5.74, 6) is -1.30. The number of β-amino-alcohol motifs (C(OH)–C–C–N with tert-alkyl or cyclic N) is 1. The summed E-state index contributed by atoms with van der Waals surface area (Å²) in [6.07, 6.45) is 0.341. The highest BCUT2D eigenvalue weighted by Gasteiger charge is 2.39. The highest BCUT2D eigenvalue weighted by molar-refractivity contribution is 9.10. The summed E-state index contributed by atoms with van der Waals surface area (Å²) < 4.78 is 7.62. The number of nitrogens with zero attached hydrogens (tertiary/aromatic N) is 5. The number of nitrogens with one attached hydrogen (secondary N) is 1. The number of rotatable bonds is 4. The Balaban J connectivity index is 1.30. The van der Waals surface area contributed by atoms with Gasteiger partial charge in [-0.1, -0.05) is 11.6 Å². The molecule has 2 aromatic rings. The van der Waals surface area contributed by atoms with Crippen molar-refractivity contribution in [2.24, 2.45) is 13.0 Å². The lowest BCUT2D eigenvalue weighted by molar-refractivity contribution is -0.143. The molecule has 2 fully saturated rings. The van der Waals surface area contributed by atoms with Crippen molar-refractivity contribution in [1.82, 2.24) is 24.3 Å². The number of amides is 4. The van der Waals surface area contributed by atoms with Crippen LogP contribution in [-0.2, 0) is 16.6 Å². The second-order valence-corrected chi connectivity index (χ2v) is 12.3.